The molecule has 54 heavy (non-hydrogen) atoms. The Bertz CT molecular complexity index is 2820. The Morgan fingerprint density at radius 2 is 0.685 bits per heavy atom. The first kappa shape index (κ1) is 32.8. The van der Waals surface area contributed by atoms with Crippen molar-refractivity contribution in [3.8, 4) is 0 Å². The highest BCUT2D eigenvalue weighted by Gasteiger charge is 2.25. The van der Waals surface area contributed by atoms with E-state index in [0.29, 0.717) is 67.0 Å². The summed E-state index contributed by atoms with van der Waals surface area (Å²) in [6.07, 6.45) is 0. The topological polar surface area (TPSA) is 57.6 Å². The standard InChI is InChI=1S/C42H24F6N6/c43-23-1-11-29(12-2-23)49-37-33-21-27(47)9-19-35(33)53-39(37)41(51-31-15-5-25(45)6-16-31)54-36-20-10-28(48)22-34(36)38(50-30-13-3-24(44)4-14-30)40(54)42(53)52-32-17-7-26(46)8-18-32/h1-22,49-50H. The second kappa shape index (κ2) is 12.8. The molecule has 0 unspecified atom stereocenters. The molecule has 0 aliphatic heterocycles. The van der Waals surface area contributed by atoms with Gasteiger partial charge in [-0.2, -0.15) is 0 Å². The Morgan fingerprint density at radius 3 is 1.04 bits per heavy atom. The Balaban J connectivity index is 1.56. The molecule has 2 N–H and O–H groups in total. The third kappa shape index (κ3) is 5.73. The van der Waals surface area contributed by atoms with Gasteiger partial charge in [-0.1, -0.05) is 0 Å². The van der Waals surface area contributed by atoms with Crippen LogP contribution >= 0.6 is 0 Å². The number of nitrogens with one attached hydrogen (secondary N) is 2. The van der Waals surface area contributed by atoms with Crippen molar-refractivity contribution in [2.75, 3.05) is 10.6 Å². The van der Waals surface area contributed by atoms with Gasteiger partial charge in [-0.3, -0.25) is 8.80 Å². The average Bonchev–Trinajstić information content (AvgIpc) is 3.65. The second-order valence-corrected chi connectivity index (χ2v) is 12.5. The van der Waals surface area contributed by atoms with E-state index in [0.717, 1.165) is 0 Å². The maximum Gasteiger partial charge on any atom is 0.165 e. The van der Waals surface area contributed by atoms with Crippen LogP contribution in [-0.2, 0) is 0 Å². The van der Waals surface area contributed by atoms with Crippen LogP contribution in [0, 0.1) is 34.9 Å². The number of hydrogen-bond donors (Lipinski definition) is 2. The van der Waals surface area contributed by atoms with Crippen molar-refractivity contribution in [2.24, 2.45) is 9.98 Å². The van der Waals surface area contributed by atoms with Crippen molar-refractivity contribution in [3.63, 3.8) is 0 Å². The molecule has 12 heteroatoms. The molecule has 264 valence electrons. The molecular formula is C42H24F6N6. The highest BCUT2D eigenvalue weighted by atomic mass is 19.1. The summed E-state index contributed by atoms with van der Waals surface area (Å²) in [7, 11) is 0. The molecule has 3 aromatic heterocycles. The normalized spacial score (nSPS) is 12.5. The molecule has 0 fully saturated rings. The Hall–Kier alpha value is -7.08. The summed E-state index contributed by atoms with van der Waals surface area (Å²) in [5.41, 5.74) is 4.55. The van der Waals surface area contributed by atoms with Crippen LogP contribution in [-0.4, -0.2) is 8.80 Å². The molecular weight excluding hydrogens is 702 g/mol. The number of anilines is 4. The minimum absolute atomic E-state index is 0.250. The van der Waals surface area contributed by atoms with Crippen LogP contribution in [0.2, 0.25) is 0 Å². The van der Waals surface area contributed by atoms with Crippen LogP contribution in [0.15, 0.2) is 143 Å². The zero-order valence-electron chi connectivity index (χ0n) is 27.8. The summed E-state index contributed by atoms with van der Waals surface area (Å²) in [5, 5.41) is 7.49. The highest BCUT2D eigenvalue weighted by molar-refractivity contribution is 6.08. The van der Waals surface area contributed by atoms with Crippen molar-refractivity contribution in [2.45, 2.75) is 0 Å². The lowest BCUT2D eigenvalue weighted by Crippen LogP contribution is -2.28. The summed E-state index contributed by atoms with van der Waals surface area (Å²) >= 11 is 0. The van der Waals surface area contributed by atoms with Crippen LogP contribution < -0.4 is 21.6 Å². The van der Waals surface area contributed by atoms with Crippen molar-refractivity contribution < 1.29 is 26.3 Å². The van der Waals surface area contributed by atoms with Gasteiger partial charge in [-0.05, 0) is 133 Å². The van der Waals surface area contributed by atoms with E-state index in [4.69, 9.17) is 9.98 Å². The van der Waals surface area contributed by atoms with Gasteiger partial charge in [0.05, 0.1) is 33.8 Å². The molecule has 0 aliphatic rings. The summed E-state index contributed by atoms with van der Waals surface area (Å²) in [4.78, 5) is 10.1. The van der Waals surface area contributed by atoms with E-state index in [1.165, 1.54) is 121 Å². The quantitative estimate of drug-likeness (QED) is 0.168. The molecule has 3 heterocycles. The van der Waals surface area contributed by atoms with E-state index in [1.54, 1.807) is 20.9 Å². The number of fused-ring (bicyclic) bond motifs is 6. The van der Waals surface area contributed by atoms with E-state index in [2.05, 4.69) is 10.6 Å². The van der Waals surface area contributed by atoms with Crippen LogP contribution in [0.4, 0.5) is 60.5 Å². The summed E-state index contributed by atoms with van der Waals surface area (Å²) < 4.78 is 90.5. The van der Waals surface area contributed by atoms with Crippen molar-refractivity contribution >= 4 is 67.0 Å². The third-order valence-corrected chi connectivity index (χ3v) is 9.06. The fourth-order valence-corrected chi connectivity index (χ4v) is 6.69. The lowest BCUT2D eigenvalue weighted by atomic mass is 10.2. The van der Waals surface area contributed by atoms with Gasteiger partial charge < -0.3 is 10.6 Å². The third-order valence-electron chi connectivity index (χ3n) is 9.06. The van der Waals surface area contributed by atoms with Crippen LogP contribution in [0.3, 0.4) is 0 Å². The number of aromatic nitrogens is 2. The SMILES string of the molecule is Fc1ccc(N=c2c3c(Nc4ccc(F)cc4)c4cc(F)ccc4n3c(=Nc3ccc(F)cc3)c3c(Nc4ccc(F)cc4)c4cc(F)ccc4n23)cc1. The fourth-order valence-electron chi connectivity index (χ4n) is 6.69. The average molecular weight is 727 g/mol. The monoisotopic (exact) mass is 726 g/mol. The summed E-state index contributed by atoms with van der Waals surface area (Å²) in [6, 6.07) is 30.7. The smallest absolute Gasteiger partial charge is 0.165 e. The van der Waals surface area contributed by atoms with E-state index in [9.17, 15) is 17.6 Å². The van der Waals surface area contributed by atoms with Gasteiger partial charge in [0.25, 0.3) is 0 Å². The molecule has 0 bridgehead atoms. The summed E-state index contributed by atoms with van der Waals surface area (Å²) in [5.74, 6) is -2.96. The molecule has 0 aliphatic carbocycles. The van der Waals surface area contributed by atoms with Crippen LogP contribution in [0.5, 0.6) is 0 Å². The predicted molar refractivity (Wildman–Crippen MR) is 197 cm³/mol. The zero-order chi connectivity index (χ0) is 37.1. The van der Waals surface area contributed by atoms with Gasteiger partial charge in [0.15, 0.2) is 11.0 Å². The Kier molecular flexibility index (Phi) is 7.80. The minimum Gasteiger partial charge on any atom is -0.353 e. The van der Waals surface area contributed by atoms with Gasteiger partial charge in [0.1, 0.15) is 45.9 Å². The maximum atomic E-state index is 15.2. The fraction of sp³-hybridized carbons (Fsp3) is 0. The largest absolute Gasteiger partial charge is 0.353 e. The first-order chi connectivity index (χ1) is 26.2. The molecule has 9 aromatic rings. The van der Waals surface area contributed by atoms with Gasteiger partial charge in [0, 0.05) is 22.1 Å². The predicted octanol–water partition coefficient (Wildman–Crippen LogP) is 10.7. The molecule has 0 amide bonds. The van der Waals surface area contributed by atoms with E-state index >= 15 is 8.78 Å². The van der Waals surface area contributed by atoms with Crippen LogP contribution in [0.25, 0.3) is 32.8 Å². The number of hydrogen-bond acceptors (Lipinski definition) is 4. The maximum absolute atomic E-state index is 15.2. The number of rotatable bonds is 6. The number of nitrogens with zero attached hydrogens (tertiary/aromatic N) is 4. The zero-order valence-corrected chi connectivity index (χ0v) is 27.8. The van der Waals surface area contributed by atoms with Gasteiger partial charge >= 0.3 is 0 Å². The van der Waals surface area contributed by atoms with E-state index in [-0.39, 0.29) is 11.0 Å². The van der Waals surface area contributed by atoms with E-state index in [1.807, 2.05) is 0 Å². The van der Waals surface area contributed by atoms with E-state index < -0.39 is 34.9 Å². The molecule has 0 spiro atoms. The first-order valence-electron chi connectivity index (χ1n) is 16.6. The van der Waals surface area contributed by atoms with Gasteiger partial charge in [0.2, 0.25) is 0 Å². The van der Waals surface area contributed by atoms with Gasteiger partial charge in [-0.15, -0.1) is 0 Å². The Morgan fingerprint density at radius 1 is 0.370 bits per heavy atom. The Labute approximate surface area is 301 Å². The van der Waals surface area contributed by atoms with Crippen molar-refractivity contribution in [3.05, 3.63) is 179 Å². The molecule has 9 rings (SSSR count). The summed E-state index contributed by atoms with van der Waals surface area (Å²) in [6.45, 7) is 0. The molecule has 0 radical (unpaired) electrons. The molecule has 0 saturated carbocycles. The van der Waals surface area contributed by atoms with Crippen molar-refractivity contribution in [1.29, 1.82) is 0 Å². The lowest BCUT2D eigenvalue weighted by molar-refractivity contribution is 0.627. The second-order valence-electron chi connectivity index (χ2n) is 12.5. The van der Waals surface area contributed by atoms with Crippen LogP contribution in [0.1, 0.15) is 0 Å². The highest BCUT2D eigenvalue weighted by Crippen LogP contribution is 2.37. The number of benzene rings is 6. The van der Waals surface area contributed by atoms with Crippen molar-refractivity contribution in [1.82, 2.24) is 8.80 Å². The first-order valence-corrected chi connectivity index (χ1v) is 16.6. The number of halogens is 6. The van der Waals surface area contributed by atoms with Gasteiger partial charge in [-0.25, -0.2) is 36.3 Å². The molecule has 0 atom stereocenters. The minimum atomic E-state index is -0.541. The molecule has 6 aromatic carbocycles. The molecule has 0 saturated heterocycles. The lowest BCUT2D eigenvalue weighted by Gasteiger charge is -2.11. The molecule has 6 nitrogen and oxygen atoms in total.